The van der Waals surface area contributed by atoms with Gasteiger partial charge >= 0.3 is 0 Å². The summed E-state index contributed by atoms with van der Waals surface area (Å²) >= 11 is 0. The molecule has 3 heteroatoms. The Morgan fingerprint density at radius 1 is 0.353 bits per heavy atom. The molecular formula is C65H42N2O. The molecule has 0 amide bonds. The monoisotopic (exact) mass is 866 g/mol. The number of nitrogens with zero attached hydrogens (tertiary/aromatic N) is 2. The average Bonchev–Trinajstić information content (AvgIpc) is 3.74. The Morgan fingerprint density at radius 2 is 0.897 bits per heavy atom. The third-order valence-electron chi connectivity index (χ3n) is 14.4. The molecule has 2 heterocycles. The second kappa shape index (κ2) is 15.1. The van der Waals surface area contributed by atoms with E-state index in [-0.39, 0.29) is 0 Å². The quantitative estimate of drug-likeness (QED) is 0.166. The second-order valence-corrected chi connectivity index (χ2v) is 17.9. The Balaban J connectivity index is 1.09. The average molecular weight is 867 g/mol. The number of fused-ring (bicyclic) bond motifs is 11. The molecule has 2 aliphatic rings. The molecule has 1 unspecified atom stereocenters. The molecule has 0 saturated carbocycles. The minimum Gasteiger partial charge on any atom is -0.457 e. The van der Waals surface area contributed by atoms with Crippen LogP contribution in [0.25, 0.3) is 71.6 Å². The first-order valence-electron chi connectivity index (χ1n) is 23.4. The Morgan fingerprint density at radius 3 is 1.68 bits per heavy atom. The van der Waals surface area contributed by atoms with Gasteiger partial charge in [-0.3, -0.25) is 0 Å². The van der Waals surface area contributed by atoms with Crippen molar-refractivity contribution in [1.82, 2.24) is 4.57 Å². The first-order valence-corrected chi connectivity index (χ1v) is 23.4. The van der Waals surface area contributed by atoms with Gasteiger partial charge in [0.25, 0.3) is 0 Å². The fraction of sp³-hybridized carbons (Fsp3) is 0.0154. The van der Waals surface area contributed by atoms with Gasteiger partial charge in [0.2, 0.25) is 0 Å². The van der Waals surface area contributed by atoms with Gasteiger partial charge in [-0.2, -0.15) is 0 Å². The second-order valence-electron chi connectivity index (χ2n) is 17.9. The standard InChI is InChI=1S/C65H42N2O/c1-4-19-43(20-5-1)49-29-18-30-50(44-21-6-2-7-22-44)64(49)66(47-37-39-53-52-28-11-14-35-59(52)67(60(53)41-47)46-25-8-3-9-26-46)48-38-40-57-62(42-48)68-61-36-15-13-33-56(61)65(57)55-32-12-10-27-51(55)54-31-16-23-45-24-17-34-58(65)63(45)54/h1-42H. The van der Waals surface area contributed by atoms with E-state index in [9.17, 15) is 0 Å². The van der Waals surface area contributed by atoms with Crippen LogP contribution in [0.3, 0.4) is 0 Å². The highest BCUT2D eigenvalue weighted by Gasteiger charge is 2.49. The van der Waals surface area contributed by atoms with Crippen molar-refractivity contribution in [3.8, 4) is 50.6 Å². The summed E-state index contributed by atoms with van der Waals surface area (Å²) in [6.07, 6.45) is 0. The van der Waals surface area contributed by atoms with Crippen LogP contribution in [0, 0.1) is 0 Å². The van der Waals surface area contributed by atoms with Gasteiger partial charge in [-0.15, -0.1) is 0 Å². The topological polar surface area (TPSA) is 17.4 Å². The summed E-state index contributed by atoms with van der Waals surface area (Å²) in [5, 5.41) is 4.94. The molecule has 14 rings (SSSR count). The highest BCUT2D eigenvalue weighted by Crippen LogP contribution is 2.62. The fourth-order valence-electron chi connectivity index (χ4n) is 11.7. The van der Waals surface area contributed by atoms with E-state index in [1.807, 2.05) is 0 Å². The maximum absolute atomic E-state index is 7.25. The summed E-state index contributed by atoms with van der Waals surface area (Å²) in [5.74, 6) is 1.69. The molecule has 12 aromatic rings. The molecule has 3 nitrogen and oxygen atoms in total. The predicted octanol–water partition coefficient (Wildman–Crippen LogP) is 17.2. The number of ether oxygens (including phenoxy) is 1. The summed E-state index contributed by atoms with van der Waals surface area (Å²) in [4.78, 5) is 2.47. The molecule has 1 atom stereocenters. The fourth-order valence-corrected chi connectivity index (χ4v) is 11.7. The maximum Gasteiger partial charge on any atom is 0.134 e. The van der Waals surface area contributed by atoms with Crippen molar-refractivity contribution in [2.24, 2.45) is 0 Å². The third-order valence-corrected chi connectivity index (χ3v) is 14.4. The van der Waals surface area contributed by atoms with Crippen LogP contribution in [-0.4, -0.2) is 4.57 Å². The van der Waals surface area contributed by atoms with Crippen molar-refractivity contribution < 1.29 is 4.74 Å². The first kappa shape index (κ1) is 38.4. The van der Waals surface area contributed by atoms with Crippen LogP contribution in [0.15, 0.2) is 255 Å². The Hall–Kier alpha value is -8.92. The van der Waals surface area contributed by atoms with Crippen molar-refractivity contribution in [3.05, 3.63) is 277 Å². The highest BCUT2D eigenvalue weighted by atomic mass is 16.5. The van der Waals surface area contributed by atoms with Crippen LogP contribution in [0.4, 0.5) is 17.1 Å². The normalized spacial score (nSPS) is 14.4. The maximum atomic E-state index is 7.25. The zero-order valence-corrected chi connectivity index (χ0v) is 37.1. The highest BCUT2D eigenvalue weighted by molar-refractivity contribution is 6.11. The van der Waals surface area contributed by atoms with Gasteiger partial charge < -0.3 is 14.2 Å². The summed E-state index contributed by atoms with van der Waals surface area (Å²) in [6.45, 7) is 0. The number of hydrogen-bond acceptors (Lipinski definition) is 2. The molecule has 0 radical (unpaired) electrons. The van der Waals surface area contributed by atoms with Crippen LogP contribution >= 0.6 is 0 Å². The number of anilines is 3. The number of para-hydroxylation sites is 4. The largest absolute Gasteiger partial charge is 0.457 e. The summed E-state index contributed by atoms with van der Waals surface area (Å²) < 4.78 is 9.66. The van der Waals surface area contributed by atoms with Crippen molar-refractivity contribution >= 4 is 49.6 Å². The Kier molecular flexibility index (Phi) is 8.50. The number of rotatable bonds is 6. The van der Waals surface area contributed by atoms with E-state index in [4.69, 9.17) is 4.74 Å². The molecule has 68 heavy (non-hydrogen) atoms. The van der Waals surface area contributed by atoms with Crippen molar-refractivity contribution in [1.29, 1.82) is 0 Å². The van der Waals surface area contributed by atoms with Gasteiger partial charge in [-0.05, 0) is 86.6 Å². The van der Waals surface area contributed by atoms with E-state index in [1.54, 1.807) is 0 Å². The predicted molar refractivity (Wildman–Crippen MR) is 281 cm³/mol. The number of aromatic nitrogens is 1. The lowest BCUT2D eigenvalue weighted by Gasteiger charge is -2.45. The zero-order valence-electron chi connectivity index (χ0n) is 37.1. The van der Waals surface area contributed by atoms with Crippen LogP contribution in [0.5, 0.6) is 11.5 Å². The molecule has 0 bridgehead atoms. The minimum atomic E-state index is -0.648. The molecule has 0 saturated heterocycles. The number of hydrogen-bond donors (Lipinski definition) is 0. The SMILES string of the molecule is c1ccc(-c2cccc(-c3ccccc3)c2N(c2ccc3c(c2)Oc2ccccc2C32c3ccccc3-c3cccc4cccc2c34)c2ccc3c4ccccc4n(-c4ccccc4)c3c2)cc1. The molecule has 1 spiro atoms. The number of benzene rings is 11. The lowest BCUT2D eigenvalue weighted by atomic mass is 9.58. The van der Waals surface area contributed by atoms with Gasteiger partial charge in [0.1, 0.15) is 11.5 Å². The molecule has 1 aliphatic carbocycles. The van der Waals surface area contributed by atoms with E-state index in [2.05, 4.69) is 264 Å². The summed E-state index contributed by atoms with van der Waals surface area (Å²) in [6, 6.07) is 93.0. The summed E-state index contributed by atoms with van der Waals surface area (Å²) in [7, 11) is 0. The Bertz CT molecular complexity index is 3890. The minimum absolute atomic E-state index is 0.648. The van der Waals surface area contributed by atoms with Crippen molar-refractivity contribution in [2.45, 2.75) is 5.41 Å². The molecule has 0 N–H and O–H groups in total. The zero-order chi connectivity index (χ0) is 44.8. The smallest absolute Gasteiger partial charge is 0.134 e. The van der Waals surface area contributed by atoms with Crippen LogP contribution < -0.4 is 9.64 Å². The van der Waals surface area contributed by atoms with Crippen molar-refractivity contribution in [3.63, 3.8) is 0 Å². The van der Waals surface area contributed by atoms with E-state index in [0.29, 0.717) is 0 Å². The molecule has 0 fully saturated rings. The van der Waals surface area contributed by atoms with Gasteiger partial charge in [0, 0.05) is 56.2 Å². The molecule has 1 aliphatic heterocycles. The molecule has 11 aromatic carbocycles. The van der Waals surface area contributed by atoms with Crippen LogP contribution in [-0.2, 0) is 5.41 Å². The van der Waals surface area contributed by atoms with Crippen LogP contribution in [0.2, 0.25) is 0 Å². The summed E-state index contributed by atoms with van der Waals surface area (Å²) in [5.41, 5.74) is 17.7. The lowest BCUT2D eigenvalue weighted by molar-refractivity contribution is 0.435. The van der Waals surface area contributed by atoms with Gasteiger partial charge in [-0.1, -0.05) is 206 Å². The van der Waals surface area contributed by atoms with Gasteiger partial charge in [0.15, 0.2) is 0 Å². The van der Waals surface area contributed by atoms with Crippen molar-refractivity contribution in [2.75, 3.05) is 4.90 Å². The van der Waals surface area contributed by atoms with Gasteiger partial charge in [0.05, 0.1) is 22.1 Å². The van der Waals surface area contributed by atoms with E-state index in [1.165, 1.54) is 49.3 Å². The first-order chi connectivity index (χ1) is 33.8. The van der Waals surface area contributed by atoms with E-state index >= 15 is 0 Å². The van der Waals surface area contributed by atoms with E-state index in [0.717, 1.165) is 73.1 Å². The Labute approximate surface area is 395 Å². The van der Waals surface area contributed by atoms with Gasteiger partial charge in [-0.25, -0.2) is 0 Å². The molecule has 1 aromatic heterocycles. The molecule has 318 valence electrons. The third kappa shape index (κ3) is 5.54. The van der Waals surface area contributed by atoms with Crippen LogP contribution in [0.1, 0.15) is 22.3 Å². The molecular weight excluding hydrogens is 825 g/mol. The lowest BCUT2D eigenvalue weighted by Crippen LogP contribution is -2.36. The van der Waals surface area contributed by atoms with E-state index < -0.39 is 5.41 Å².